The first-order valence-electron chi connectivity index (χ1n) is 4.79. The maximum atomic E-state index is 2.55. The quantitative estimate of drug-likeness (QED) is 0.613. The SMILES string of the molecule is C[N]([Nd+][N](C)C(C)(C)C)C(C)(C)C.[Br-]. The van der Waals surface area contributed by atoms with Crippen molar-refractivity contribution in [2.45, 2.75) is 52.6 Å². The van der Waals surface area contributed by atoms with Gasteiger partial charge in [-0.25, -0.2) is 0 Å². The number of hydrogen-bond acceptors (Lipinski definition) is 2. The van der Waals surface area contributed by atoms with Crippen LogP contribution in [0.5, 0.6) is 0 Å². The normalized spacial score (nSPS) is 12.7. The summed E-state index contributed by atoms with van der Waals surface area (Å²) < 4.78 is 5.11. The van der Waals surface area contributed by atoms with Gasteiger partial charge in [-0.1, -0.05) is 0 Å². The zero-order valence-electron chi connectivity index (χ0n) is 10.8. The second-order valence-corrected chi connectivity index (χ2v) is 10.5. The molecule has 4 heteroatoms. The summed E-state index contributed by atoms with van der Waals surface area (Å²) in [6, 6.07) is 0. The van der Waals surface area contributed by atoms with Crippen molar-refractivity contribution in [3.63, 3.8) is 0 Å². The second-order valence-electron chi connectivity index (χ2n) is 5.56. The van der Waals surface area contributed by atoms with Crippen LogP contribution in [-0.4, -0.2) is 27.1 Å². The van der Waals surface area contributed by atoms with E-state index in [2.05, 4.69) is 57.6 Å². The molecule has 0 aromatic heterocycles. The van der Waals surface area contributed by atoms with Crippen molar-refractivity contribution >= 4 is 0 Å². The molecular weight excluding hydrogens is 372 g/mol. The van der Waals surface area contributed by atoms with E-state index in [0.29, 0.717) is 11.1 Å². The van der Waals surface area contributed by atoms with Crippen molar-refractivity contribution in [1.82, 2.24) is 1.97 Å². The zero-order chi connectivity index (χ0) is 10.9. The van der Waals surface area contributed by atoms with Crippen LogP contribution in [0.3, 0.4) is 0 Å². The van der Waals surface area contributed by atoms with Crippen molar-refractivity contribution in [1.29, 1.82) is 0 Å². The molecule has 0 amide bonds. The molecule has 2 nitrogen and oxygen atoms in total. The van der Waals surface area contributed by atoms with Crippen LogP contribution in [0.25, 0.3) is 0 Å². The molecule has 0 saturated carbocycles. The number of halogens is 1. The van der Waals surface area contributed by atoms with Gasteiger partial charge < -0.3 is 17.0 Å². The largest absolute Gasteiger partial charge is 1.00 e. The van der Waals surface area contributed by atoms with Crippen LogP contribution in [-0.2, 0) is 0 Å². The molecular formula is C10H24BrN2Nd. The summed E-state index contributed by atoms with van der Waals surface area (Å²) in [5.41, 5.74) is 0.672. The fraction of sp³-hybridized carbons (Fsp3) is 1.00. The molecule has 0 bridgehead atoms. The first-order valence-corrected chi connectivity index (χ1v) is 7.66. The molecule has 0 aliphatic heterocycles. The molecule has 0 fully saturated rings. The van der Waals surface area contributed by atoms with E-state index in [1.807, 2.05) is 0 Å². The van der Waals surface area contributed by atoms with E-state index in [1.165, 1.54) is 0 Å². The minimum absolute atomic E-state index is 0. The molecule has 0 N–H and O–H groups in total. The predicted molar refractivity (Wildman–Crippen MR) is 55.0 cm³/mol. The summed E-state index contributed by atoms with van der Waals surface area (Å²) in [7, 11) is 4.51. The molecule has 85 valence electrons. The van der Waals surface area contributed by atoms with Crippen LogP contribution in [0.4, 0.5) is 0 Å². The molecule has 0 aliphatic rings. The molecule has 0 saturated heterocycles. The van der Waals surface area contributed by atoms with E-state index in [-0.39, 0.29) is 17.0 Å². The van der Waals surface area contributed by atoms with Gasteiger partial charge in [0.05, 0.1) is 0 Å². The summed E-state index contributed by atoms with van der Waals surface area (Å²) in [5.74, 6) is 0. The maximum absolute atomic E-state index is 2.55. The predicted octanol–water partition coefficient (Wildman–Crippen LogP) is -0.634. The average molecular weight is 396 g/mol. The van der Waals surface area contributed by atoms with Gasteiger partial charge in [-0.15, -0.1) is 0 Å². The van der Waals surface area contributed by atoms with E-state index in [1.54, 1.807) is 0 Å². The minimum atomic E-state index is -0.797. The molecule has 0 heterocycles. The summed E-state index contributed by atoms with van der Waals surface area (Å²) in [6.07, 6.45) is 0. The van der Waals surface area contributed by atoms with E-state index in [4.69, 9.17) is 0 Å². The summed E-state index contributed by atoms with van der Waals surface area (Å²) in [4.78, 5) is 0. The van der Waals surface area contributed by atoms with Crippen LogP contribution in [0.2, 0.25) is 0 Å². The van der Waals surface area contributed by atoms with E-state index in [0.717, 1.165) is 0 Å². The molecule has 0 radical (unpaired) electrons. The van der Waals surface area contributed by atoms with Gasteiger partial charge in [0.2, 0.25) is 0 Å². The Balaban J connectivity index is 0. The van der Waals surface area contributed by atoms with Crippen molar-refractivity contribution in [2.24, 2.45) is 0 Å². The van der Waals surface area contributed by atoms with Crippen molar-refractivity contribution in [3.8, 4) is 0 Å². The van der Waals surface area contributed by atoms with Crippen LogP contribution in [0.1, 0.15) is 41.5 Å². The Morgan fingerprint density at radius 2 is 0.929 bits per heavy atom. The Hall–Kier alpha value is 1.75. The summed E-state index contributed by atoms with van der Waals surface area (Å²) in [6.45, 7) is 13.7. The summed E-state index contributed by atoms with van der Waals surface area (Å²) in [5, 5.41) is 0. The second kappa shape index (κ2) is 6.48. The molecule has 0 rings (SSSR count). The fourth-order valence-electron chi connectivity index (χ4n) is 0.525. The third-order valence-electron chi connectivity index (χ3n) is 2.31. The zero-order valence-corrected chi connectivity index (χ0v) is 15.6. The first kappa shape index (κ1) is 18.1. The third kappa shape index (κ3) is 7.10. The molecule has 14 heavy (non-hydrogen) atoms. The number of hydrogen-bond donors (Lipinski definition) is 0. The first-order chi connectivity index (χ1) is 5.55. The van der Waals surface area contributed by atoms with Crippen LogP contribution < -0.4 is 17.0 Å². The van der Waals surface area contributed by atoms with E-state index >= 15 is 0 Å². The number of nitrogens with zero attached hydrogens (tertiary/aromatic N) is 2. The Morgan fingerprint density at radius 1 is 0.714 bits per heavy atom. The molecule has 0 aromatic carbocycles. The van der Waals surface area contributed by atoms with Gasteiger partial charge in [0, 0.05) is 0 Å². The number of rotatable bonds is 2. The topological polar surface area (TPSA) is 6.48 Å². The van der Waals surface area contributed by atoms with E-state index in [9.17, 15) is 0 Å². The van der Waals surface area contributed by atoms with Crippen molar-refractivity contribution in [3.05, 3.63) is 0 Å². The van der Waals surface area contributed by atoms with Crippen LogP contribution >= 0.6 is 0 Å². The van der Waals surface area contributed by atoms with Crippen molar-refractivity contribution in [2.75, 3.05) is 14.1 Å². The van der Waals surface area contributed by atoms with Gasteiger partial charge in [-0.05, 0) is 0 Å². The fourth-order valence-corrected chi connectivity index (χ4v) is 3.89. The average Bonchev–Trinajstić information content (AvgIpc) is 1.82. The van der Waals surface area contributed by atoms with Crippen molar-refractivity contribution < 1.29 is 54.5 Å². The molecule has 0 aromatic rings. The molecule has 0 unspecified atom stereocenters. The third-order valence-corrected chi connectivity index (χ3v) is 8.54. The van der Waals surface area contributed by atoms with E-state index < -0.39 is 37.5 Å². The molecule has 0 aliphatic carbocycles. The van der Waals surface area contributed by atoms with Gasteiger partial charge in [-0.3, -0.25) is 0 Å². The monoisotopic (exact) mass is 393 g/mol. The van der Waals surface area contributed by atoms with Gasteiger partial charge >= 0.3 is 106 Å². The standard InChI is InChI=1S/2C5H12N.BrH.Nd/c2*1-5(2,3)6-4;;/h2*1-4H3;1H;/q2*-1;;+3/p-1. The molecule has 0 spiro atoms. The van der Waals surface area contributed by atoms with Gasteiger partial charge in [0.1, 0.15) is 0 Å². The van der Waals surface area contributed by atoms with Gasteiger partial charge in [0.15, 0.2) is 0 Å². The summed E-state index contributed by atoms with van der Waals surface area (Å²) >= 11 is -0.797. The Bertz CT molecular complexity index is 142. The Morgan fingerprint density at radius 3 is 1.07 bits per heavy atom. The van der Waals surface area contributed by atoms with Gasteiger partial charge in [0.25, 0.3) is 0 Å². The minimum Gasteiger partial charge on any atom is -1.00 e. The smallest absolute Gasteiger partial charge is 1.00 e. The van der Waals surface area contributed by atoms with Gasteiger partial charge in [-0.2, -0.15) is 0 Å². The Kier molecular flexibility index (Phi) is 8.39. The Labute approximate surface area is 122 Å². The van der Waals surface area contributed by atoms with Crippen LogP contribution in [0.15, 0.2) is 0 Å². The maximum Gasteiger partial charge on any atom is -1.00 e. The van der Waals surface area contributed by atoms with Crippen LogP contribution in [0, 0.1) is 37.5 Å². The molecule has 0 atom stereocenters.